The molecule has 72 valence electrons. The SMILES string of the molecule is C1=CCN(C2CCCCCC2)C=C1. The molecule has 2 aliphatic rings. The molecule has 1 saturated carbocycles. The van der Waals surface area contributed by atoms with Crippen LogP contribution in [0.15, 0.2) is 24.4 Å². The van der Waals surface area contributed by atoms with E-state index >= 15 is 0 Å². The predicted octanol–water partition coefficient (Wildman–Crippen LogP) is 3.09. The molecule has 0 unspecified atom stereocenters. The zero-order valence-corrected chi connectivity index (χ0v) is 8.28. The summed E-state index contributed by atoms with van der Waals surface area (Å²) in [5.74, 6) is 0. The van der Waals surface area contributed by atoms with E-state index < -0.39 is 0 Å². The van der Waals surface area contributed by atoms with Gasteiger partial charge >= 0.3 is 0 Å². The Morgan fingerprint density at radius 2 is 1.69 bits per heavy atom. The summed E-state index contributed by atoms with van der Waals surface area (Å²) in [4.78, 5) is 2.51. The van der Waals surface area contributed by atoms with Gasteiger partial charge in [-0.15, -0.1) is 0 Å². The average Bonchev–Trinajstić information content (AvgIpc) is 2.47. The number of rotatable bonds is 1. The van der Waals surface area contributed by atoms with E-state index in [1.165, 1.54) is 38.5 Å². The van der Waals surface area contributed by atoms with Crippen molar-refractivity contribution in [2.75, 3.05) is 6.54 Å². The quantitative estimate of drug-likeness (QED) is 0.556. The normalized spacial score (nSPS) is 24.8. The van der Waals surface area contributed by atoms with E-state index in [0.29, 0.717) is 0 Å². The molecule has 1 aliphatic heterocycles. The average molecular weight is 177 g/mol. The lowest BCUT2D eigenvalue weighted by atomic mass is 10.1. The first-order valence-corrected chi connectivity index (χ1v) is 5.56. The highest BCUT2D eigenvalue weighted by Crippen LogP contribution is 2.22. The first-order valence-electron chi connectivity index (χ1n) is 5.56. The fraction of sp³-hybridized carbons (Fsp3) is 0.667. The second kappa shape index (κ2) is 4.50. The molecule has 0 amide bonds. The van der Waals surface area contributed by atoms with Crippen LogP contribution in [0.5, 0.6) is 0 Å². The molecule has 1 fully saturated rings. The number of hydrogen-bond acceptors (Lipinski definition) is 1. The molecule has 0 saturated heterocycles. The number of allylic oxidation sites excluding steroid dienone is 2. The van der Waals surface area contributed by atoms with Gasteiger partial charge in [0.25, 0.3) is 0 Å². The van der Waals surface area contributed by atoms with Crippen molar-refractivity contribution < 1.29 is 0 Å². The minimum absolute atomic E-state index is 0.823. The van der Waals surface area contributed by atoms with Gasteiger partial charge < -0.3 is 4.90 Å². The van der Waals surface area contributed by atoms with E-state index in [0.717, 1.165) is 12.6 Å². The molecule has 0 bridgehead atoms. The van der Waals surface area contributed by atoms with Crippen LogP contribution >= 0.6 is 0 Å². The molecule has 0 spiro atoms. The van der Waals surface area contributed by atoms with Crippen LogP contribution in [-0.4, -0.2) is 17.5 Å². The second-order valence-electron chi connectivity index (χ2n) is 4.11. The third-order valence-electron chi connectivity index (χ3n) is 3.13. The van der Waals surface area contributed by atoms with Crippen LogP contribution in [0, 0.1) is 0 Å². The van der Waals surface area contributed by atoms with E-state index in [4.69, 9.17) is 0 Å². The van der Waals surface area contributed by atoms with Crippen LogP contribution in [0.2, 0.25) is 0 Å². The topological polar surface area (TPSA) is 3.24 Å². The Kier molecular flexibility index (Phi) is 3.07. The van der Waals surface area contributed by atoms with Crippen molar-refractivity contribution in [3.05, 3.63) is 24.4 Å². The Morgan fingerprint density at radius 3 is 2.31 bits per heavy atom. The summed E-state index contributed by atoms with van der Waals surface area (Å²) in [7, 11) is 0. The Labute approximate surface area is 81.1 Å². The predicted molar refractivity (Wildman–Crippen MR) is 56.5 cm³/mol. The Morgan fingerprint density at radius 1 is 0.923 bits per heavy atom. The maximum absolute atomic E-state index is 2.51. The maximum Gasteiger partial charge on any atom is 0.0360 e. The third-order valence-corrected chi connectivity index (χ3v) is 3.13. The number of hydrogen-bond donors (Lipinski definition) is 0. The summed E-state index contributed by atoms with van der Waals surface area (Å²) in [6.45, 7) is 1.13. The van der Waals surface area contributed by atoms with Crippen LogP contribution in [0.4, 0.5) is 0 Å². The zero-order valence-electron chi connectivity index (χ0n) is 8.28. The Hall–Kier alpha value is -0.720. The minimum Gasteiger partial charge on any atom is -0.371 e. The van der Waals surface area contributed by atoms with Crippen molar-refractivity contribution in [3.8, 4) is 0 Å². The largest absolute Gasteiger partial charge is 0.371 e. The third kappa shape index (κ3) is 2.36. The van der Waals surface area contributed by atoms with Crippen molar-refractivity contribution in [1.29, 1.82) is 0 Å². The summed E-state index contributed by atoms with van der Waals surface area (Å²) in [5.41, 5.74) is 0. The van der Waals surface area contributed by atoms with Crippen LogP contribution in [-0.2, 0) is 0 Å². The smallest absolute Gasteiger partial charge is 0.0360 e. The van der Waals surface area contributed by atoms with Crippen molar-refractivity contribution in [2.24, 2.45) is 0 Å². The number of nitrogens with zero attached hydrogens (tertiary/aromatic N) is 1. The molecule has 1 heterocycles. The summed E-state index contributed by atoms with van der Waals surface area (Å²) in [6.07, 6.45) is 17.4. The molecule has 0 N–H and O–H groups in total. The van der Waals surface area contributed by atoms with Crippen LogP contribution in [0.3, 0.4) is 0 Å². The summed E-state index contributed by atoms with van der Waals surface area (Å²) in [6, 6.07) is 0.823. The van der Waals surface area contributed by atoms with Crippen LogP contribution in [0.25, 0.3) is 0 Å². The van der Waals surface area contributed by atoms with Crippen LogP contribution < -0.4 is 0 Å². The zero-order chi connectivity index (χ0) is 8.93. The molecule has 1 aliphatic carbocycles. The standard InChI is InChI=1S/C12H19N/c1-2-5-9-12(8-4-1)13-10-6-3-7-11-13/h3,6-7,10,12H,1-2,4-5,8-9,11H2. The van der Waals surface area contributed by atoms with Gasteiger partial charge in [0.15, 0.2) is 0 Å². The van der Waals surface area contributed by atoms with Gasteiger partial charge in [0.1, 0.15) is 0 Å². The van der Waals surface area contributed by atoms with Gasteiger partial charge in [0.05, 0.1) is 0 Å². The highest BCUT2D eigenvalue weighted by Gasteiger charge is 2.16. The fourth-order valence-corrected chi connectivity index (χ4v) is 2.34. The first kappa shape index (κ1) is 8.86. The summed E-state index contributed by atoms with van der Waals surface area (Å²) >= 11 is 0. The second-order valence-corrected chi connectivity index (χ2v) is 4.11. The van der Waals surface area contributed by atoms with E-state index in [-0.39, 0.29) is 0 Å². The summed E-state index contributed by atoms with van der Waals surface area (Å²) in [5, 5.41) is 0. The van der Waals surface area contributed by atoms with Crippen molar-refractivity contribution in [3.63, 3.8) is 0 Å². The van der Waals surface area contributed by atoms with E-state index in [1.54, 1.807) is 0 Å². The highest BCUT2D eigenvalue weighted by atomic mass is 15.1. The first-order chi connectivity index (χ1) is 6.47. The molecule has 1 heteroatoms. The van der Waals surface area contributed by atoms with Crippen LogP contribution in [0.1, 0.15) is 38.5 Å². The fourth-order valence-electron chi connectivity index (χ4n) is 2.34. The molecular weight excluding hydrogens is 158 g/mol. The van der Waals surface area contributed by atoms with Gasteiger partial charge in [-0.05, 0) is 25.1 Å². The lowest BCUT2D eigenvalue weighted by Crippen LogP contribution is -2.31. The molecule has 0 aromatic rings. The van der Waals surface area contributed by atoms with Crippen molar-refractivity contribution in [1.82, 2.24) is 4.90 Å². The van der Waals surface area contributed by atoms with E-state index in [9.17, 15) is 0 Å². The Bertz CT molecular complexity index is 197. The van der Waals surface area contributed by atoms with E-state index in [2.05, 4.69) is 29.3 Å². The van der Waals surface area contributed by atoms with Gasteiger partial charge in [-0.3, -0.25) is 0 Å². The summed E-state index contributed by atoms with van der Waals surface area (Å²) < 4.78 is 0. The molecule has 1 nitrogen and oxygen atoms in total. The van der Waals surface area contributed by atoms with Gasteiger partial charge in [-0.25, -0.2) is 0 Å². The van der Waals surface area contributed by atoms with Gasteiger partial charge in [0, 0.05) is 12.6 Å². The minimum atomic E-state index is 0.823. The van der Waals surface area contributed by atoms with Gasteiger partial charge in [-0.1, -0.05) is 37.8 Å². The molecule has 2 rings (SSSR count). The molecule has 0 aromatic heterocycles. The van der Waals surface area contributed by atoms with E-state index in [1.807, 2.05) is 0 Å². The van der Waals surface area contributed by atoms with Crippen molar-refractivity contribution in [2.45, 2.75) is 44.6 Å². The van der Waals surface area contributed by atoms with Gasteiger partial charge in [0.2, 0.25) is 0 Å². The maximum atomic E-state index is 2.51. The highest BCUT2D eigenvalue weighted by molar-refractivity contribution is 5.09. The monoisotopic (exact) mass is 177 g/mol. The molecule has 0 radical (unpaired) electrons. The molecule has 0 aromatic carbocycles. The molecule has 13 heavy (non-hydrogen) atoms. The lowest BCUT2D eigenvalue weighted by Gasteiger charge is -2.30. The van der Waals surface area contributed by atoms with Crippen molar-refractivity contribution >= 4 is 0 Å². The lowest BCUT2D eigenvalue weighted by molar-refractivity contribution is 0.272. The molecular formula is C12H19N. The Balaban J connectivity index is 1.90. The molecule has 0 atom stereocenters. The van der Waals surface area contributed by atoms with Gasteiger partial charge in [-0.2, -0.15) is 0 Å².